The van der Waals surface area contributed by atoms with Crippen molar-refractivity contribution < 1.29 is 14.2 Å². The molecule has 2 unspecified atom stereocenters. The minimum atomic E-state index is 0.463. The molecule has 5 rings (SSSR count). The van der Waals surface area contributed by atoms with Crippen molar-refractivity contribution in [1.29, 1.82) is 0 Å². The molecule has 0 radical (unpaired) electrons. The molecule has 0 saturated carbocycles. The summed E-state index contributed by atoms with van der Waals surface area (Å²) < 4.78 is 17.2. The Bertz CT molecular complexity index is 1300. The maximum Gasteiger partial charge on any atom is 0.124 e. The number of rotatable bonds is 10. The Morgan fingerprint density at radius 3 is 2.51 bits per heavy atom. The number of benzene rings is 4. The van der Waals surface area contributed by atoms with Crippen LogP contribution in [0.25, 0.3) is 10.8 Å². The lowest BCUT2D eigenvalue weighted by Gasteiger charge is -2.34. The highest BCUT2D eigenvalue weighted by molar-refractivity contribution is 5.86. The summed E-state index contributed by atoms with van der Waals surface area (Å²) in [5.41, 5.74) is 5.33. The van der Waals surface area contributed by atoms with Crippen LogP contribution in [0.4, 0.5) is 0 Å². The second-order valence-corrected chi connectivity index (χ2v) is 9.84. The lowest BCUT2D eigenvalue weighted by molar-refractivity contribution is 0.105. The Kier molecular flexibility index (Phi) is 8.39. The molecule has 0 aliphatic carbocycles. The summed E-state index contributed by atoms with van der Waals surface area (Å²) in [4.78, 5) is 0. The van der Waals surface area contributed by atoms with Crippen LogP contribution < -0.4 is 14.8 Å². The molecule has 1 aliphatic heterocycles. The highest BCUT2D eigenvalue weighted by Gasteiger charge is 2.29. The van der Waals surface area contributed by atoms with Crippen molar-refractivity contribution in [2.75, 3.05) is 33.4 Å². The van der Waals surface area contributed by atoms with E-state index in [0.29, 0.717) is 31.7 Å². The van der Waals surface area contributed by atoms with Crippen LogP contribution in [0.3, 0.4) is 0 Å². The largest absolute Gasteiger partial charge is 0.496 e. The van der Waals surface area contributed by atoms with Gasteiger partial charge in [-0.3, -0.25) is 0 Å². The SMILES string of the molecule is COc1ccccc1COCCCOc1ccc(C2CCNCC2c2ccc3ccccc3c2C)cc1. The van der Waals surface area contributed by atoms with Crippen LogP contribution in [0.5, 0.6) is 11.5 Å². The third kappa shape index (κ3) is 5.98. The maximum absolute atomic E-state index is 6.01. The predicted molar refractivity (Wildman–Crippen MR) is 151 cm³/mol. The van der Waals surface area contributed by atoms with Gasteiger partial charge in [-0.05, 0) is 71.5 Å². The van der Waals surface area contributed by atoms with Gasteiger partial charge in [0.25, 0.3) is 0 Å². The third-order valence-electron chi connectivity index (χ3n) is 7.58. The molecule has 0 aromatic heterocycles. The average Bonchev–Trinajstić information content (AvgIpc) is 2.96. The lowest BCUT2D eigenvalue weighted by atomic mass is 9.75. The number of nitrogens with one attached hydrogen (secondary N) is 1. The summed E-state index contributed by atoms with van der Waals surface area (Å²) in [5.74, 6) is 2.75. The van der Waals surface area contributed by atoms with Crippen LogP contribution >= 0.6 is 0 Å². The van der Waals surface area contributed by atoms with E-state index < -0.39 is 0 Å². The van der Waals surface area contributed by atoms with Crippen LogP contribution in [-0.2, 0) is 11.3 Å². The molecule has 0 amide bonds. The number of para-hydroxylation sites is 1. The minimum absolute atomic E-state index is 0.463. The van der Waals surface area contributed by atoms with E-state index in [0.717, 1.165) is 43.0 Å². The first kappa shape index (κ1) is 25.3. The fourth-order valence-electron chi connectivity index (χ4n) is 5.60. The zero-order chi connectivity index (χ0) is 25.5. The number of hydrogen-bond acceptors (Lipinski definition) is 4. The van der Waals surface area contributed by atoms with Gasteiger partial charge >= 0.3 is 0 Å². The van der Waals surface area contributed by atoms with Gasteiger partial charge in [0.05, 0.1) is 26.9 Å². The maximum atomic E-state index is 6.01. The third-order valence-corrected chi connectivity index (χ3v) is 7.58. The summed E-state index contributed by atoms with van der Waals surface area (Å²) in [6.45, 7) is 6.18. The quantitative estimate of drug-likeness (QED) is 0.240. The number of piperidine rings is 1. The smallest absolute Gasteiger partial charge is 0.124 e. The Labute approximate surface area is 220 Å². The van der Waals surface area contributed by atoms with E-state index in [1.165, 1.54) is 27.5 Å². The van der Waals surface area contributed by atoms with Crippen LogP contribution in [0.2, 0.25) is 0 Å². The first-order chi connectivity index (χ1) is 18.2. The summed E-state index contributed by atoms with van der Waals surface area (Å²) in [6, 6.07) is 30.0. The monoisotopic (exact) mass is 495 g/mol. The molecule has 192 valence electrons. The molecular weight excluding hydrogens is 458 g/mol. The molecular formula is C33H37NO3. The van der Waals surface area contributed by atoms with Crippen molar-refractivity contribution in [2.45, 2.75) is 38.2 Å². The molecule has 1 saturated heterocycles. The average molecular weight is 496 g/mol. The second-order valence-electron chi connectivity index (χ2n) is 9.84. The van der Waals surface area contributed by atoms with Gasteiger partial charge in [0.15, 0.2) is 0 Å². The number of ether oxygens (including phenoxy) is 3. The van der Waals surface area contributed by atoms with Crippen molar-refractivity contribution in [2.24, 2.45) is 0 Å². The molecule has 1 N–H and O–H groups in total. The summed E-state index contributed by atoms with van der Waals surface area (Å²) >= 11 is 0. The molecule has 4 aromatic carbocycles. The van der Waals surface area contributed by atoms with Gasteiger partial charge in [-0.25, -0.2) is 0 Å². The van der Waals surface area contributed by atoms with E-state index in [1.807, 2.05) is 24.3 Å². The van der Waals surface area contributed by atoms with Crippen LogP contribution in [-0.4, -0.2) is 33.4 Å². The Morgan fingerprint density at radius 1 is 0.838 bits per heavy atom. The van der Waals surface area contributed by atoms with E-state index in [1.54, 1.807) is 7.11 Å². The Morgan fingerprint density at radius 2 is 1.65 bits per heavy atom. The second kappa shape index (κ2) is 12.3. The zero-order valence-electron chi connectivity index (χ0n) is 21.9. The first-order valence-electron chi connectivity index (χ1n) is 13.4. The number of methoxy groups -OCH3 is 1. The highest BCUT2D eigenvalue weighted by atomic mass is 16.5. The summed E-state index contributed by atoms with van der Waals surface area (Å²) in [6.07, 6.45) is 1.98. The van der Waals surface area contributed by atoms with Crippen molar-refractivity contribution in [3.8, 4) is 11.5 Å². The predicted octanol–water partition coefficient (Wildman–Crippen LogP) is 7.00. The van der Waals surface area contributed by atoms with Gasteiger partial charge in [0, 0.05) is 24.4 Å². The number of fused-ring (bicyclic) bond motifs is 1. The molecule has 1 aliphatic rings. The van der Waals surface area contributed by atoms with Gasteiger partial charge in [-0.1, -0.05) is 66.7 Å². The van der Waals surface area contributed by atoms with Crippen molar-refractivity contribution in [1.82, 2.24) is 5.32 Å². The lowest BCUT2D eigenvalue weighted by Crippen LogP contribution is -2.34. The van der Waals surface area contributed by atoms with Gasteiger partial charge < -0.3 is 19.5 Å². The number of aryl methyl sites for hydroxylation is 1. The Hall–Kier alpha value is -3.34. The normalized spacial score (nSPS) is 17.6. The van der Waals surface area contributed by atoms with Crippen molar-refractivity contribution in [3.05, 3.63) is 107 Å². The highest BCUT2D eigenvalue weighted by Crippen LogP contribution is 2.40. The standard InChI is InChI=1S/C33H37NO3/c1-24-29-10-5-3-8-25(29)14-17-30(24)32-22-34-19-18-31(32)26-12-15-28(16-13-26)37-21-7-20-36-23-27-9-4-6-11-33(27)35-2/h3-6,8-17,31-32,34H,7,18-23H2,1-2H3. The van der Waals surface area contributed by atoms with Crippen LogP contribution in [0.1, 0.15) is 46.9 Å². The molecule has 4 heteroatoms. The van der Waals surface area contributed by atoms with Gasteiger partial charge in [-0.15, -0.1) is 0 Å². The Balaban J connectivity index is 1.16. The fraction of sp³-hybridized carbons (Fsp3) is 0.333. The molecule has 1 heterocycles. The topological polar surface area (TPSA) is 39.7 Å². The minimum Gasteiger partial charge on any atom is -0.496 e. The molecule has 1 fully saturated rings. The van der Waals surface area contributed by atoms with E-state index in [4.69, 9.17) is 14.2 Å². The molecule has 4 nitrogen and oxygen atoms in total. The molecule has 4 aromatic rings. The van der Waals surface area contributed by atoms with Crippen molar-refractivity contribution in [3.63, 3.8) is 0 Å². The molecule has 37 heavy (non-hydrogen) atoms. The zero-order valence-corrected chi connectivity index (χ0v) is 21.9. The van der Waals surface area contributed by atoms with E-state index in [2.05, 4.69) is 72.9 Å². The van der Waals surface area contributed by atoms with Crippen molar-refractivity contribution >= 4 is 10.8 Å². The van der Waals surface area contributed by atoms with Gasteiger partial charge in [0.2, 0.25) is 0 Å². The molecule has 2 atom stereocenters. The van der Waals surface area contributed by atoms with E-state index >= 15 is 0 Å². The van der Waals surface area contributed by atoms with Crippen LogP contribution in [0, 0.1) is 6.92 Å². The van der Waals surface area contributed by atoms with Gasteiger partial charge in [0.1, 0.15) is 11.5 Å². The summed E-state index contributed by atoms with van der Waals surface area (Å²) in [7, 11) is 1.69. The van der Waals surface area contributed by atoms with E-state index in [-0.39, 0.29) is 0 Å². The fourth-order valence-corrected chi connectivity index (χ4v) is 5.60. The van der Waals surface area contributed by atoms with Crippen LogP contribution in [0.15, 0.2) is 84.9 Å². The number of hydrogen-bond donors (Lipinski definition) is 1. The first-order valence-corrected chi connectivity index (χ1v) is 13.4. The van der Waals surface area contributed by atoms with E-state index in [9.17, 15) is 0 Å². The summed E-state index contributed by atoms with van der Waals surface area (Å²) in [5, 5.41) is 6.31. The molecule has 0 spiro atoms. The van der Waals surface area contributed by atoms with Gasteiger partial charge in [-0.2, -0.15) is 0 Å². The molecule has 0 bridgehead atoms.